The molecule has 2 rings (SSSR count). The largest absolute Gasteiger partial charge is 0.341 e. The van der Waals surface area contributed by atoms with Crippen LogP contribution in [0.5, 0.6) is 0 Å². The summed E-state index contributed by atoms with van der Waals surface area (Å²) in [6.45, 7) is 6.17. The topological polar surface area (TPSA) is 32.3 Å². The van der Waals surface area contributed by atoms with Crippen molar-refractivity contribution in [1.29, 1.82) is 0 Å². The summed E-state index contributed by atoms with van der Waals surface area (Å²) in [6.07, 6.45) is 2.74. The maximum atomic E-state index is 13.1. The predicted molar refractivity (Wildman–Crippen MR) is 90.0 cm³/mol. The SMILES string of the molecule is CCC(CC)(C(=O)N(C)C1CCNC1)c1ccccc1.Cl. The van der Waals surface area contributed by atoms with Crippen molar-refractivity contribution in [1.82, 2.24) is 10.2 Å². The first-order valence-corrected chi connectivity index (χ1v) is 7.69. The van der Waals surface area contributed by atoms with Crippen LogP contribution < -0.4 is 5.32 Å². The Labute approximate surface area is 134 Å². The van der Waals surface area contributed by atoms with E-state index >= 15 is 0 Å². The molecule has 21 heavy (non-hydrogen) atoms. The first-order chi connectivity index (χ1) is 9.65. The summed E-state index contributed by atoms with van der Waals surface area (Å²) < 4.78 is 0. The van der Waals surface area contributed by atoms with Crippen molar-refractivity contribution < 1.29 is 4.79 Å². The van der Waals surface area contributed by atoms with Crippen LogP contribution in [0.3, 0.4) is 0 Å². The number of nitrogens with one attached hydrogen (secondary N) is 1. The van der Waals surface area contributed by atoms with Crippen molar-refractivity contribution >= 4 is 18.3 Å². The Morgan fingerprint density at radius 3 is 2.38 bits per heavy atom. The van der Waals surface area contributed by atoms with Gasteiger partial charge in [-0.1, -0.05) is 44.2 Å². The standard InChI is InChI=1S/C17H26N2O.ClH/c1-4-17(5-2,14-9-7-6-8-10-14)16(20)19(3)15-11-12-18-13-15;/h6-10,15,18H,4-5,11-13H2,1-3H3;1H. The van der Waals surface area contributed by atoms with Crippen LogP contribution in [0.2, 0.25) is 0 Å². The van der Waals surface area contributed by atoms with Crippen LogP contribution in [-0.2, 0) is 10.2 Å². The molecule has 1 aromatic rings. The molecule has 1 N–H and O–H groups in total. The Morgan fingerprint density at radius 2 is 1.90 bits per heavy atom. The second-order valence-electron chi connectivity index (χ2n) is 5.72. The summed E-state index contributed by atoms with van der Waals surface area (Å²) in [7, 11) is 1.96. The molecule has 1 amide bonds. The van der Waals surface area contributed by atoms with Gasteiger partial charge in [-0.2, -0.15) is 0 Å². The number of carbonyl (C=O) groups is 1. The molecule has 4 heteroatoms. The number of nitrogens with zero attached hydrogens (tertiary/aromatic N) is 1. The summed E-state index contributed by atoms with van der Waals surface area (Å²) in [4.78, 5) is 15.1. The van der Waals surface area contributed by atoms with Crippen molar-refractivity contribution in [2.75, 3.05) is 20.1 Å². The van der Waals surface area contributed by atoms with E-state index in [1.165, 1.54) is 0 Å². The Morgan fingerprint density at radius 1 is 1.29 bits per heavy atom. The second-order valence-corrected chi connectivity index (χ2v) is 5.72. The lowest BCUT2D eigenvalue weighted by molar-refractivity contribution is -0.138. The van der Waals surface area contributed by atoms with Crippen molar-refractivity contribution in [3.63, 3.8) is 0 Å². The molecule has 1 aromatic carbocycles. The molecule has 1 aliphatic heterocycles. The first-order valence-electron chi connectivity index (χ1n) is 7.69. The number of halogens is 1. The van der Waals surface area contributed by atoms with E-state index in [2.05, 4.69) is 31.3 Å². The predicted octanol–water partition coefficient (Wildman–Crippen LogP) is 2.99. The molecule has 1 aliphatic rings. The third-order valence-electron chi connectivity index (χ3n) is 4.85. The zero-order chi connectivity index (χ0) is 14.6. The molecule has 3 nitrogen and oxygen atoms in total. The summed E-state index contributed by atoms with van der Waals surface area (Å²) in [5, 5.41) is 3.34. The fourth-order valence-corrected chi connectivity index (χ4v) is 3.31. The fourth-order valence-electron chi connectivity index (χ4n) is 3.31. The molecule has 1 fully saturated rings. The lowest BCUT2D eigenvalue weighted by Crippen LogP contribution is -2.49. The molecule has 1 heterocycles. The Balaban J connectivity index is 0.00000220. The van der Waals surface area contributed by atoms with Crippen molar-refractivity contribution in [3.8, 4) is 0 Å². The van der Waals surface area contributed by atoms with E-state index < -0.39 is 0 Å². The number of hydrogen-bond acceptors (Lipinski definition) is 2. The quantitative estimate of drug-likeness (QED) is 0.907. The van der Waals surface area contributed by atoms with Crippen molar-refractivity contribution in [2.24, 2.45) is 0 Å². The Bertz CT molecular complexity index is 439. The molecule has 1 unspecified atom stereocenters. The van der Waals surface area contributed by atoms with E-state index in [9.17, 15) is 4.79 Å². The minimum Gasteiger partial charge on any atom is -0.341 e. The van der Waals surface area contributed by atoms with Crippen LogP contribution in [0.25, 0.3) is 0 Å². The monoisotopic (exact) mass is 310 g/mol. The van der Waals surface area contributed by atoms with Gasteiger partial charge in [-0.3, -0.25) is 4.79 Å². The van der Waals surface area contributed by atoms with E-state index in [1.54, 1.807) is 0 Å². The van der Waals surface area contributed by atoms with Gasteiger partial charge in [0.05, 0.1) is 5.41 Å². The Kier molecular flexibility index (Phi) is 6.69. The first kappa shape index (κ1) is 18.0. The number of rotatable bonds is 5. The maximum absolute atomic E-state index is 13.1. The van der Waals surface area contributed by atoms with Crippen LogP contribution in [0.15, 0.2) is 30.3 Å². The molecular formula is C17H27ClN2O. The average molecular weight is 311 g/mol. The molecule has 0 aromatic heterocycles. The molecule has 0 spiro atoms. The van der Waals surface area contributed by atoms with Gasteiger partial charge < -0.3 is 10.2 Å². The van der Waals surface area contributed by atoms with Gasteiger partial charge in [0.1, 0.15) is 0 Å². The van der Waals surface area contributed by atoms with E-state index in [-0.39, 0.29) is 23.7 Å². The Hall–Kier alpha value is -1.06. The van der Waals surface area contributed by atoms with E-state index in [1.807, 2.05) is 30.1 Å². The van der Waals surface area contributed by atoms with Crippen LogP contribution in [-0.4, -0.2) is 37.0 Å². The molecule has 1 saturated heterocycles. The average Bonchev–Trinajstić information content (AvgIpc) is 3.03. The highest BCUT2D eigenvalue weighted by atomic mass is 35.5. The lowest BCUT2D eigenvalue weighted by atomic mass is 9.74. The number of amides is 1. The number of benzene rings is 1. The summed E-state index contributed by atoms with van der Waals surface area (Å²) in [5.74, 6) is 0.266. The molecule has 0 aliphatic carbocycles. The highest BCUT2D eigenvalue weighted by molar-refractivity contribution is 5.88. The van der Waals surface area contributed by atoms with Gasteiger partial charge in [0.25, 0.3) is 0 Å². The fraction of sp³-hybridized carbons (Fsp3) is 0.588. The normalized spacial score (nSPS) is 18.1. The molecule has 118 valence electrons. The molecule has 0 radical (unpaired) electrons. The zero-order valence-corrected chi connectivity index (χ0v) is 14.1. The number of hydrogen-bond donors (Lipinski definition) is 1. The maximum Gasteiger partial charge on any atom is 0.233 e. The van der Waals surface area contributed by atoms with Gasteiger partial charge in [-0.05, 0) is 31.4 Å². The minimum atomic E-state index is -0.376. The number of carbonyl (C=O) groups excluding carboxylic acids is 1. The van der Waals surface area contributed by atoms with Crippen molar-refractivity contribution in [3.05, 3.63) is 35.9 Å². The lowest BCUT2D eigenvalue weighted by Gasteiger charge is -2.37. The molecule has 1 atom stereocenters. The molecule has 0 saturated carbocycles. The van der Waals surface area contributed by atoms with Gasteiger partial charge in [-0.25, -0.2) is 0 Å². The molecular weight excluding hydrogens is 284 g/mol. The van der Waals surface area contributed by atoms with Gasteiger partial charge in [0, 0.05) is 19.6 Å². The van der Waals surface area contributed by atoms with Gasteiger partial charge in [-0.15, -0.1) is 12.4 Å². The van der Waals surface area contributed by atoms with Gasteiger partial charge in [0.15, 0.2) is 0 Å². The van der Waals surface area contributed by atoms with Gasteiger partial charge >= 0.3 is 0 Å². The van der Waals surface area contributed by atoms with Crippen LogP contribution in [0.1, 0.15) is 38.7 Å². The van der Waals surface area contributed by atoms with Crippen LogP contribution >= 0.6 is 12.4 Å². The highest BCUT2D eigenvalue weighted by Crippen LogP contribution is 2.34. The molecule has 0 bridgehead atoms. The summed E-state index contributed by atoms with van der Waals surface area (Å²) in [6, 6.07) is 10.6. The van der Waals surface area contributed by atoms with E-state index in [0.717, 1.165) is 37.9 Å². The third-order valence-corrected chi connectivity index (χ3v) is 4.85. The van der Waals surface area contributed by atoms with Crippen molar-refractivity contribution in [2.45, 2.75) is 44.6 Å². The van der Waals surface area contributed by atoms with Crippen LogP contribution in [0, 0.1) is 0 Å². The smallest absolute Gasteiger partial charge is 0.233 e. The highest BCUT2D eigenvalue weighted by Gasteiger charge is 2.40. The third kappa shape index (κ3) is 3.41. The van der Waals surface area contributed by atoms with E-state index in [0.29, 0.717) is 6.04 Å². The van der Waals surface area contributed by atoms with Crippen LogP contribution in [0.4, 0.5) is 0 Å². The number of likely N-dealkylation sites (N-methyl/N-ethyl adjacent to an activating group) is 1. The second kappa shape index (κ2) is 7.81. The zero-order valence-electron chi connectivity index (χ0n) is 13.3. The minimum absolute atomic E-state index is 0. The van der Waals surface area contributed by atoms with E-state index in [4.69, 9.17) is 0 Å². The summed E-state index contributed by atoms with van der Waals surface area (Å²) >= 11 is 0. The summed E-state index contributed by atoms with van der Waals surface area (Å²) in [5.41, 5.74) is 0.770. The van der Waals surface area contributed by atoms with Gasteiger partial charge in [0.2, 0.25) is 5.91 Å².